The number of nitrogens with zero attached hydrogens (tertiary/aromatic N) is 1. The predicted octanol–water partition coefficient (Wildman–Crippen LogP) is 7.75. The number of phenolic OH excluding ortho intramolecular Hbond substituents is 1. The number of aromatic hydroxyl groups is 1. The van der Waals surface area contributed by atoms with Crippen LogP contribution >= 0.6 is 15.9 Å². The van der Waals surface area contributed by atoms with Gasteiger partial charge in [-0.15, -0.1) is 0 Å². The Labute approximate surface area is 304 Å². The molecule has 1 saturated carbocycles. The first kappa shape index (κ1) is 33.1. The molecule has 4 aromatic carbocycles. The molecule has 0 bridgehead atoms. The van der Waals surface area contributed by atoms with E-state index in [9.17, 15) is 14.7 Å². The van der Waals surface area contributed by atoms with Crippen molar-refractivity contribution in [1.29, 1.82) is 0 Å². The zero-order chi connectivity index (χ0) is 35.6. The van der Waals surface area contributed by atoms with E-state index in [4.69, 9.17) is 4.74 Å². The van der Waals surface area contributed by atoms with Gasteiger partial charge in [0.05, 0.1) is 34.5 Å². The second kappa shape index (κ2) is 12.6. The van der Waals surface area contributed by atoms with Gasteiger partial charge < -0.3 is 9.84 Å². The number of anilines is 1. The number of phenols is 1. The summed E-state index contributed by atoms with van der Waals surface area (Å²) in [6, 6.07) is 29.7. The minimum absolute atomic E-state index is 0.0878. The summed E-state index contributed by atoms with van der Waals surface area (Å²) >= 11 is 3.51. The first-order chi connectivity index (χ1) is 24.7. The fraction of sp³-hybridized carbons (Fsp3) is 0.256. The largest absolute Gasteiger partial charge is 0.503 e. The zero-order valence-corrected chi connectivity index (χ0v) is 29.8. The Morgan fingerprint density at radius 1 is 0.882 bits per heavy atom. The number of amides is 2. The lowest BCUT2D eigenvalue weighted by atomic mass is 9.44. The van der Waals surface area contributed by atoms with Crippen LogP contribution in [0, 0.1) is 23.7 Å². The fourth-order valence-electron chi connectivity index (χ4n) is 9.30. The monoisotopic (exact) mass is 741 g/mol. The number of ether oxygens (including phenoxy) is 1. The second-order valence-electron chi connectivity index (χ2n) is 13.9. The second-order valence-corrected chi connectivity index (χ2v) is 14.7. The Kier molecular flexibility index (Phi) is 8.18. The van der Waals surface area contributed by atoms with E-state index in [1.165, 1.54) is 18.1 Å². The standard InChI is InChI=1S/C43H36BrNO6/c1-3-24-14-16-28(17-15-24)45-41(49)30-19-18-29-32(37(30)42(45)50)22-33-39(47)31(25-10-6-4-7-11-25)23-36(46)43(33,27-12-8-5-9-13-27)38(29)26-20-34(44)40(48)35(21-26)51-2/h4-18,20-21,23,30,32-33,37-38,48H,3,19,22H2,1-2H3. The van der Waals surface area contributed by atoms with E-state index in [0.29, 0.717) is 38.8 Å². The molecule has 8 rings (SSSR count). The Bertz CT molecular complexity index is 2160. The average Bonchev–Trinajstić information content (AvgIpc) is 3.42. The van der Waals surface area contributed by atoms with Gasteiger partial charge in [-0.05, 0) is 93.7 Å². The van der Waals surface area contributed by atoms with Gasteiger partial charge in [0.2, 0.25) is 11.8 Å². The van der Waals surface area contributed by atoms with Crippen LogP contribution in [0.25, 0.3) is 5.57 Å². The molecule has 1 heterocycles. The van der Waals surface area contributed by atoms with E-state index in [2.05, 4.69) is 22.9 Å². The van der Waals surface area contributed by atoms with Gasteiger partial charge in [0.25, 0.3) is 0 Å². The van der Waals surface area contributed by atoms with Crippen LogP contribution in [0.5, 0.6) is 11.5 Å². The van der Waals surface area contributed by atoms with E-state index in [1.807, 2.05) is 91.0 Å². The zero-order valence-electron chi connectivity index (χ0n) is 28.2. The van der Waals surface area contributed by atoms with Gasteiger partial charge in [0.15, 0.2) is 23.1 Å². The van der Waals surface area contributed by atoms with E-state index >= 15 is 9.59 Å². The van der Waals surface area contributed by atoms with Gasteiger partial charge in [-0.1, -0.05) is 91.4 Å². The first-order valence-electron chi connectivity index (χ1n) is 17.3. The van der Waals surface area contributed by atoms with E-state index in [0.717, 1.165) is 17.6 Å². The molecule has 0 radical (unpaired) electrons. The topological polar surface area (TPSA) is 101 Å². The van der Waals surface area contributed by atoms with Crippen molar-refractivity contribution in [2.75, 3.05) is 12.0 Å². The molecular formula is C43H36BrNO6. The summed E-state index contributed by atoms with van der Waals surface area (Å²) in [6.07, 6.45) is 4.90. The third kappa shape index (κ3) is 4.90. The highest BCUT2D eigenvalue weighted by Gasteiger charge is 2.66. The SMILES string of the molecule is CCc1ccc(N2C(=O)C3CC=C4C(CC5C(=O)C(c6ccccc6)=CC(=O)C5(c5ccccc5)C4c4cc(Br)c(O)c(OC)c4)C3C2=O)cc1. The summed E-state index contributed by atoms with van der Waals surface area (Å²) in [5, 5.41) is 10.9. The molecule has 1 saturated heterocycles. The highest BCUT2D eigenvalue weighted by molar-refractivity contribution is 9.10. The van der Waals surface area contributed by atoms with Crippen molar-refractivity contribution < 1.29 is 29.0 Å². The number of ketones is 2. The normalized spacial score (nSPS) is 27.0. The van der Waals surface area contributed by atoms with Crippen molar-refractivity contribution in [2.45, 2.75) is 37.5 Å². The van der Waals surface area contributed by atoms with Crippen molar-refractivity contribution in [3.8, 4) is 11.5 Å². The van der Waals surface area contributed by atoms with Gasteiger partial charge in [-0.25, -0.2) is 0 Å². The lowest BCUT2D eigenvalue weighted by molar-refractivity contribution is -0.135. The summed E-state index contributed by atoms with van der Waals surface area (Å²) in [5.41, 5.74) is 3.44. The molecule has 4 aliphatic rings. The number of fused-ring (bicyclic) bond motifs is 4. The van der Waals surface area contributed by atoms with Crippen LogP contribution in [0.3, 0.4) is 0 Å². The molecule has 1 N–H and O–H groups in total. The molecular weight excluding hydrogens is 706 g/mol. The number of methoxy groups -OCH3 is 1. The Morgan fingerprint density at radius 3 is 2.24 bits per heavy atom. The first-order valence-corrected chi connectivity index (χ1v) is 18.1. The Balaban J connectivity index is 1.36. The summed E-state index contributed by atoms with van der Waals surface area (Å²) in [7, 11) is 1.46. The van der Waals surface area contributed by atoms with Crippen molar-refractivity contribution >= 4 is 50.6 Å². The van der Waals surface area contributed by atoms with Crippen molar-refractivity contribution in [3.63, 3.8) is 0 Å². The number of aryl methyl sites for hydroxylation is 1. The van der Waals surface area contributed by atoms with Gasteiger partial charge in [0.1, 0.15) is 0 Å². The fourth-order valence-corrected chi connectivity index (χ4v) is 9.76. The number of hydrogen-bond donors (Lipinski definition) is 1. The van der Waals surface area contributed by atoms with E-state index in [-0.39, 0.29) is 41.3 Å². The number of imide groups is 1. The Morgan fingerprint density at radius 2 is 1.57 bits per heavy atom. The molecule has 51 heavy (non-hydrogen) atoms. The molecule has 7 nitrogen and oxygen atoms in total. The maximum absolute atomic E-state index is 15.2. The van der Waals surface area contributed by atoms with E-state index in [1.54, 1.807) is 12.1 Å². The van der Waals surface area contributed by atoms with Crippen LogP contribution in [-0.2, 0) is 31.0 Å². The number of benzene rings is 4. The molecule has 3 aliphatic carbocycles. The maximum atomic E-state index is 15.2. The average molecular weight is 743 g/mol. The van der Waals surface area contributed by atoms with Crippen LogP contribution < -0.4 is 9.64 Å². The predicted molar refractivity (Wildman–Crippen MR) is 197 cm³/mol. The molecule has 2 fully saturated rings. The number of rotatable bonds is 6. The lowest BCUT2D eigenvalue weighted by Gasteiger charge is -2.55. The van der Waals surface area contributed by atoms with Crippen molar-refractivity contribution in [2.24, 2.45) is 23.7 Å². The molecule has 0 spiro atoms. The summed E-state index contributed by atoms with van der Waals surface area (Å²) in [5.74, 6) is -4.19. The van der Waals surface area contributed by atoms with Gasteiger partial charge in [0, 0.05) is 17.4 Å². The number of carbonyl (C=O) groups excluding carboxylic acids is 4. The maximum Gasteiger partial charge on any atom is 0.238 e. The van der Waals surface area contributed by atoms with Crippen LogP contribution in [0.1, 0.15) is 47.9 Å². The number of carbonyl (C=O) groups is 4. The van der Waals surface area contributed by atoms with Crippen molar-refractivity contribution in [3.05, 3.63) is 142 Å². The molecule has 256 valence electrons. The summed E-state index contributed by atoms with van der Waals surface area (Å²) in [6.45, 7) is 2.05. The molecule has 8 heteroatoms. The van der Waals surface area contributed by atoms with Crippen LogP contribution in [0.15, 0.2) is 119 Å². The third-order valence-corrected chi connectivity index (χ3v) is 12.2. The summed E-state index contributed by atoms with van der Waals surface area (Å²) < 4.78 is 5.97. The number of allylic oxidation sites excluding steroid dienone is 4. The van der Waals surface area contributed by atoms with Crippen molar-refractivity contribution in [1.82, 2.24) is 0 Å². The molecule has 6 unspecified atom stereocenters. The smallest absolute Gasteiger partial charge is 0.238 e. The van der Waals surface area contributed by atoms with Gasteiger partial charge >= 0.3 is 0 Å². The van der Waals surface area contributed by atoms with Gasteiger partial charge in [-0.3, -0.25) is 24.1 Å². The highest BCUT2D eigenvalue weighted by Crippen LogP contribution is 2.64. The van der Waals surface area contributed by atoms with Gasteiger partial charge in [-0.2, -0.15) is 0 Å². The lowest BCUT2D eigenvalue weighted by Crippen LogP contribution is -2.58. The highest BCUT2D eigenvalue weighted by atomic mass is 79.9. The molecule has 1 aliphatic heterocycles. The quantitative estimate of drug-likeness (QED) is 0.160. The molecule has 2 amide bonds. The minimum Gasteiger partial charge on any atom is -0.503 e. The number of hydrogen-bond acceptors (Lipinski definition) is 6. The summed E-state index contributed by atoms with van der Waals surface area (Å²) in [4.78, 5) is 60.3. The molecule has 0 aromatic heterocycles. The number of Topliss-reactive ketones (excluding diaryl/α,β-unsaturated/α-hetero) is 1. The van der Waals surface area contributed by atoms with Crippen LogP contribution in [-0.4, -0.2) is 35.6 Å². The third-order valence-electron chi connectivity index (χ3n) is 11.6. The Hall–Kier alpha value is -5.08. The van der Waals surface area contributed by atoms with Crippen LogP contribution in [0.4, 0.5) is 5.69 Å². The molecule has 6 atom stereocenters. The van der Waals surface area contributed by atoms with E-state index < -0.39 is 35.0 Å². The minimum atomic E-state index is -1.38. The van der Waals surface area contributed by atoms with Crippen LogP contribution in [0.2, 0.25) is 0 Å². The molecule has 4 aromatic rings. The number of halogens is 1.